The lowest BCUT2D eigenvalue weighted by molar-refractivity contribution is 0.0532. The van der Waals surface area contributed by atoms with E-state index in [4.69, 9.17) is 10.5 Å². The van der Waals surface area contributed by atoms with E-state index < -0.39 is 0 Å². The van der Waals surface area contributed by atoms with Gasteiger partial charge in [-0.15, -0.1) is 0 Å². The highest BCUT2D eigenvalue weighted by atomic mass is 16.5. The van der Waals surface area contributed by atoms with Crippen molar-refractivity contribution in [3.8, 4) is 5.75 Å². The largest absolute Gasteiger partial charge is 0.497 e. The van der Waals surface area contributed by atoms with Crippen LogP contribution in [0.15, 0.2) is 36.7 Å². The first-order valence-corrected chi connectivity index (χ1v) is 8.78. The first-order chi connectivity index (χ1) is 12.1. The minimum atomic E-state index is 0.0305. The van der Waals surface area contributed by atoms with E-state index >= 15 is 0 Å². The van der Waals surface area contributed by atoms with Crippen LogP contribution in [0.5, 0.6) is 5.75 Å². The number of amides is 1. The van der Waals surface area contributed by atoms with Crippen molar-refractivity contribution in [3.05, 3.63) is 47.8 Å². The van der Waals surface area contributed by atoms with Crippen molar-refractivity contribution in [2.75, 3.05) is 20.2 Å². The van der Waals surface area contributed by atoms with Gasteiger partial charge in [-0.2, -0.15) is 5.10 Å². The Hall–Kier alpha value is -2.34. The molecule has 6 nitrogen and oxygen atoms in total. The first-order valence-electron chi connectivity index (χ1n) is 8.78. The molecule has 2 N–H and O–H groups in total. The molecule has 2 heterocycles. The maximum absolute atomic E-state index is 12.9. The summed E-state index contributed by atoms with van der Waals surface area (Å²) in [6, 6.07) is 7.96. The number of carbonyl (C=O) groups is 1. The maximum atomic E-state index is 12.9. The van der Waals surface area contributed by atoms with E-state index in [1.807, 2.05) is 35.4 Å². The van der Waals surface area contributed by atoms with Gasteiger partial charge in [0.2, 0.25) is 0 Å². The summed E-state index contributed by atoms with van der Waals surface area (Å²) in [7, 11) is 1.65. The van der Waals surface area contributed by atoms with Gasteiger partial charge >= 0.3 is 0 Å². The number of hydrogen-bond donors (Lipinski definition) is 1. The molecule has 1 amide bonds. The molecule has 0 saturated carbocycles. The van der Waals surface area contributed by atoms with E-state index in [0.29, 0.717) is 24.6 Å². The van der Waals surface area contributed by atoms with E-state index in [1.165, 1.54) is 0 Å². The molecule has 25 heavy (non-hydrogen) atoms. The van der Waals surface area contributed by atoms with Crippen LogP contribution in [0.25, 0.3) is 0 Å². The molecule has 1 saturated heterocycles. The Bertz CT molecular complexity index is 710. The molecule has 2 atom stereocenters. The van der Waals surface area contributed by atoms with Gasteiger partial charge in [-0.3, -0.25) is 9.48 Å². The quantitative estimate of drug-likeness (QED) is 0.903. The third kappa shape index (κ3) is 3.85. The Balaban J connectivity index is 1.70. The lowest BCUT2D eigenvalue weighted by atomic mass is 9.90. The molecule has 134 valence electrons. The van der Waals surface area contributed by atoms with Crippen LogP contribution in [0.2, 0.25) is 0 Å². The minimum absolute atomic E-state index is 0.0305. The number of nitrogens with two attached hydrogens (primary N) is 1. The Kier molecular flexibility index (Phi) is 5.38. The minimum Gasteiger partial charge on any atom is -0.497 e. The highest BCUT2D eigenvalue weighted by Gasteiger charge is 2.31. The molecule has 2 aromatic rings. The zero-order chi connectivity index (χ0) is 17.8. The van der Waals surface area contributed by atoms with Crippen molar-refractivity contribution in [2.45, 2.75) is 32.4 Å². The number of rotatable bonds is 5. The highest BCUT2D eigenvalue weighted by Crippen LogP contribution is 2.24. The summed E-state index contributed by atoms with van der Waals surface area (Å²) in [4.78, 5) is 14.8. The van der Waals surface area contributed by atoms with Crippen LogP contribution in [0.3, 0.4) is 0 Å². The molecule has 2 unspecified atom stereocenters. The molecule has 0 aliphatic carbocycles. The smallest absolute Gasteiger partial charge is 0.257 e. The average molecular weight is 342 g/mol. The lowest BCUT2D eigenvalue weighted by Gasteiger charge is -2.39. The monoisotopic (exact) mass is 342 g/mol. The zero-order valence-corrected chi connectivity index (χ0v) is 14.9. The predicted octanol–water partition coefficient (Wildman–Crippen LogP) is 2.14. The Labute approximate surface area is 148 Å². The predicted molar refractivity (Wildman–Crippen MR) is 96.6 cm³/mol. The van der Waals surface area contributed by atoms with E-state index in [9.17, 15) is 4.79 Å². The van der Waals surface area contributed by atoms with Crippen LogP contribution in [0.4, 0.5) is 0 Å². The van der Waals surface area contributed by atoms with Crippen LogP contribution in [-0.2, 0) is 6.54 Å². The van der Waals surface area contributed by atoms with Gasteiger partial charge in [-0.05, 0) is 36.5 Å². The summed E-state index contributed by atoms with van der Waals surface area (Å²) >= 11 is 0. The molecular formula is C19H26N4O2. The summed E-state index contributed by atoms with van der Waals surface area (Å²) in [5.74, 6) is 1.30. The second-order valence-electron chi connectivity index (χ2n) is 6.70. The number of likely N-dealkylation sites (tertiary alicyclic amines) is 1. The number of carbonyl (C=O) groups excluding carboxylic acids is 1. The lowest BCUT2D eigenvalue weighted by Crippen LogP contribution is -2.51. The molecule has 0 bridgehead atoms. The second kappa shape index (κ2) is 7.70. The van der Waals surface area contributed by atoms with E-state index in [2.05, 4.69) is 12.0 Å². The van der Waals surface area contributed by atoms with E-state index in [1.54, 1.807) is 18.0 Å². The fourth-order valence-electron chi connectivity index (χ4n) is 3.51. The number of ether oxygens (including phenoxy) is 1. The van der Waals surface area contributed by atoms with Gasteiger partial charge in [0.25, 0.3) is 5.91 Å². The third-order valence-corrected chi connectivity index (χ3v) is 5.00. The highest BCUT2D eigenvalue weighted by molar-refractivity contribution is 5.94. The molecule has 1 aliphatic rings. The fraction of sp³-hybridized carbons (Fsp3) is 0.474. The molecule has 0 radical (unpaired) electrons. The molecule has 0 spiro atoms. The van der Waals surface area contributed by atoms with Crippen LogP contribution in [0.1, 0.15) is 35.7 Å². The molecule has 1 aromatic heterocycles. The molecule has 6 heteroatoms. The van der Waals surface area contributed by atoms with Gasteiger partial charge in [-0.25, -0.2) is 0 Å². The summed E-state index contributed by atoms with van der Waals surface area (Å²) < 4.78 is 6.96. The number of benzene rings is 1. The SMILES string of the molecule is COc1ccc(Cn2cc(C(=O)N3CCCC(C)C3CN)cn2)cc1. The molecule has 1 fully saturated rings. The van der Waals surface area contributed by atoms with Crippen molar-refractivity contribution < 1.29 is 9.53 Å². The summed E-state index contributed by atoms with van der Waals surface area (Å²) in [5.41, 5.74) is 7.64. The van der Waals surface area contributed by atoms with Gasteiger partial charge in [-0.1, -0.05) is 19.1 Å². The van der Waals surface area contributed by atoms with Gasteiger partial charge in [0, 0.05) is 25.3 Å². The number of nitrogens with zero attached hydrogens (tertiary/aromatic N) is 3. The Morgan fingerprint density at radius 1 is 1.36 bits per heavy atom. The van der Waals surface area contributed by atoms with Crippen LogP contribution < -0.4 is 10.5 Å². The van der Waals surface area contributed by atoms with Gasteiger partial charge in [0.05, 0.1) is 25.4 Å². The van der Waals surface area contributed by atoms with E-state index in [-0.39, 0.29) is 11.9 Å². The van der Waals surface area contributed by atoms with Crippen molar-refractivity contribution in [1.82, 2.24) is 14.7 Å². The summed E-state index contributed by atoms with van der Waals surface area (Å²) in [6.07, 6.45) is 5.63. The fourth-order valence-corrected chi connectivity index (χ4v) is 3.51. The van der Waals surface area contributed by atoms with Crippen LogP contribution in [-0.4, -0.2) is 46.8 Å². The number of hydrogen-bond acceptors (Lipinski definition) is 4. The maximum Gasteiger partial charge on any atom is 0.257 e. The molecule has 3 rings (SSSR count). The Morgan fingerprint density at radius 2 is 2.12 bits per heavy atom. The van der Waals surface area contributed by atoms with Crippen molar-refractivity contribution >= 4 is 5.91 Å². The van der Waals surface area contributed by atoms with Crippen LogP contribution in [0, 0.1) is 5.92 Å². The van der Waals surface area contributed by atoms with Crippen LogP contribution >= 0.6 is 0 Å². The zero-order valence-electron chi connectivity index (χ0n) is 14.9. The van der Waals surface area contributed by atoms with Crippen molar-refractivity contribution in [1.29, 1.82) is 0 Å². The van der Waals surface area contributed by atoms with E-state index in [0.717, 1.165) is 30.7 Å². The number of piperidine rings is 1. The molecular weight excluding hydrogens is 316 g/mol. The summed E-state index contributed by atoms with van der Waals surface area (Å²) in [6.45, 7) is 4.07. The van der Waals surface area contributed by atoms with Gasteiger partial charge < -0.3 is 15.4 Å². The third-order valence-electron chi connectivity index (χ3n) is 5.00. The number of methoxy groups -OCH3 is 1. The molecule has 1 aliphatic heterocycles. The Morgan fingerprint density at radius 3 is 2.80 bits per heavy atom. The first kappa shape index (κ1) is 17.5. The van der Waals surface area contributed by atoms with Crippen molar-refractivity contribution in [3.63, 3.8) is 0 Å². The van der Waals surface area contributed by atoms with Gasteiger partial charge in [0.1, 0.15) is 5.75 Å². The van der Waals surface area contributed by atoms with Gasteiger partial charge in [0.15, 0.2) is 0 Å². The molecule has 1 aromatic carbocycles. The average Bonchev–Trinajstić information content (AvgIpc) is 3.10. The number of aromatic nitrogens is 2. The summed E-state index contributed by atoms with van der Waals surface area (Å²) in [5, 5.41) is 4.35. The normalized spacial score (nSPS) is 20.5. The topological polar surface area (TPSA) is 73.4 Å². The van der Waals surface area contributed by atoms with Crippen molar-refractivity contribution in [2.24, 2.45) is 11.7 Å². The standard InChI is InChI=1S/C19H26N4O2/c1-14-4-3-9-23(18(14)10-20)19(24)16-11-21-22(13-16)12-15-5-7-17(25-2)8-6-15/h5-8,11,13-14,18H,3-4,9-10,12,20H2,1-2H3. The second-order valence-corrected chi connectivity index (χ2v) is 6.70.